The minimum Gasteiger partial charge on any atom is -0.350 e. The van der Waals surface area contributed by atoms with Gasteiger partial charge in [0.2, 0.25) is 5.91 Å². The van der Waals surface area contributed by atoms with Crippen molar-refractivity contribution in [1.29, 1.82) is 0 Å². The standard InChI is InChI=1S/C16H23N3O/c1-10-7-13(19-18-10)9-17-14(20)16-6-5-12(8-16)15(3,4)11(16)2/h7,12H,2,5-6,8-9H2,1,3-4H3,(H,17,20)(H,18,19)/t12-,16-/m1/s1. The summed E-state index contributed by atoms with van der Waals surface area (Å²) < 4.78 is 0. The highest BCUT2D eigenvalue weighted by Gasteiger charge is 2.60. The van der Waals surface area contributed by atoms with Crippen LogP contribution in [0, 0.1) is 23.7 Å². The third-order valence-electron chi connectivity index (χ3n) is 5.51. The highest BCUT2D eigenvalue weighted by molar-refractivity contribution is 5.87. The number of hydrogen-bond acceptors (Lipinski definition) is 2. The summed E-state index contributed by atoms with van der Waals surface area (Å²) in [6.45, 7) is 11.2. The molecule has 2 fully saturated rings. The van der Waals surface area contributed by atoms with Gasteiger partial charge in [0.1, 0.15) is 0 Å². The summed E-state index contributed by atoms with van der Waals surface area (Å²) in [4.78, 5) is 12.7. The molecule has 2 bridgehead atoms. The van der Waals surface area contributed by atoms with Crippen LogP contribution < -0.4 is 5.32 Å². The van der Waals surface area contributed by atoms with Crippen LogP contribution >= 0.6 is 0 Å². The topological polar surface area (TPSA) is 57.8 Å². The molecule has 2 N–H and O–H groups in total. The predicted octanol–water partition coefficient (Wildman–Crippen LogP) is 2.72. The molecular formula is C16H23N3O. The van der Waals surface area contributed by atoms with Crippen molar-refractivity contribution in [3.63, 3.8) is 0 Å². The van der Waals surface area contributed by atoms with E-state index in [9.17, 15) is 4.79 Å². The number of rotatable bonds is 3. The van der Waals surface area contributed by atoms with Gasteiger partial charge in [0.05, 0.1) is 17.7 Å². The van der Waals surface area contributed by atoms with Gasteiger partial charge in [-0.05, 0) is 43.6 Å². The highest BCUT2D eigenvalue weighted by atomic mass is 16.2. The van der Waals surface area contributed by atoms with Crippen molar-refractivity contribution in [3.05, 3.63) is 29.6 Å². The van der Waals surface area contributed by atoms with E-state index in [1.54, 1.807) is 0 Å². The van der Waals surface area contributed by atoms with Gasteiger partial charge >= 0.3 is 0 Å². The molecular weight excluding hydrogens is 250 g/mol. The van der Waals surface area contributed by atoms with Crippen LogP contribution in [0.1, 0.15) is 44.5 Å². The van der Waals surface area contributed by atoms with E-state index >= 15 is 0 Å². The van der Waals surface area contributed by atoms with Crippen molar-refractivity contribution in [3.8, 4) is 0 Å². The second-order valence-electron chi connectivity index (χ2n) is 6.95. The monoisotopic (exact) mass is 273 g/mol. The third kappa shape index (κ3) is 1.74. The van der Waals surface area contributed by atoms with E-state index in [4.69, 9.17) is 0 Å². The first-order valence-corrected chi connectivity index (χ1v) is 7.35. The van der Waals surface area contributed by atoms with E-state index in [1.165, 1.54) is 0 Å². The van der Waals surface area contributed by atoms with Gasteiger partial charge in [-0.1, -0.05) is 26.0 Å². The lowest BCUT2D eigenvalue weighted by Gasteiger charge is -2.37. The average Bonchev–Trinajstić information content (AvgIpc) is 3.05. The van der Waals surface area contributed by atoms with E-state index in [2.05, 4.69) is 35.9 Å². The van der Waals surface area contributed by atoms with Crippen LogP contribution in [0.2, 0.25) is 0 Å². The van der Waals surface area contributed by atoms with Crippen molar-refractivity contribution in [1.82, 2.24) is 15.5 Å². The van der Waals surface area contributed by atoms with E-state index in [1.807, 2.05) is 13.0 Å². The first-order valence-electron chi connectivity index (χ1n) is 7.35. The zero-order valence-electron chi connectivity index (χ0n) is 12.5. The first-order chi connectivity index (χ1) is 9.36. The summed E-state index contributed by atoms with van der Waals surface area (Å²) >= 11 is 0. The van der Waals surface area contributed by atoms with Gasteiger partial charge < -0.3 is 5.32 Å². The Bertz CT molecular complexity index is 572. The number of nitrogens with one attached hydrogen (secondary N) is 2. The fourth-order valence-electron chi connectivity index (χ4n) is 4.05. The second-order valence-corrected chi connectivity index (χ2v) is 6.95. The molecule has 2 aliphatic rings. The van der Waals surface area contributed by atoms with Gasteiger partial charge in [0.15, 0.2) is 0 Å². The van der Waals surface area contributed by atoms with Crippen LogP contribution in [-0.4, -0.2) is 16.1 Å². The van der Waals surface area contributed by atoms with Gasteiger partial charge in [-0.3, -0.25) is 9.89 Å². The fourth-order valence-corrected chi connectivity index (χ4v) is 4.05. The number of aryl methyl sites for hydroxylation is 1. The molecule has 1 amide bonds. The summed E-state index contributed by atoms with van der Waals surface area (Å²) in [6, 6.07) is 1.96. The minimum absolute atomic E-state index is 0.0957. The molecule has 1 aromatic heterocycles. The van der Waals surface area contributed by atoms with Crippen molar-refractivity contribution in [2.24, 2.45) is 16.7 Å². The molecule has 1 aromatic rings. The Hall–Kier alpha value is -1.58. The number of nitrogens with zero attached hydrogens (tertiary/aromatic N) is 1. The largest absolute Gasteiger partial charge is 0.350 e. The molecule has 0 saturated heterocycles. The Morgan fingerprint density at radius 1 is 1.60 bits per heavy atom. The molecule has 0 unspecified atom stereocenters. The Balaban J connectivity index is 1.73. The second kappa shape index (κ2) is 4.21. The van der Waals surface area contributed by atoms with Crippen LogP contribution in [-0.2, 0) is 11.3 Å². The summed E-state index contributed by atoms with van der Waals surface area (Å²) in [5.41, 5.74) is 2.78. The molecule has 3 rings (SSSR count). The van der Waals surface area contributed by atoms with Crippen molar-refractivity contribution in [2.45, 2.75) is 46.6 Å². The summed E-state index contributed by atoms with van der Waals surface area (Å²) in [7, 11) is 0. The highest BCUT2D eigenvalue weighted by Crippen LogP contribution is 2.65. The minimum atomic E-state index is -0.334. The number of aromatic amines is 1. The van der Waals surface area contributed by atoms with E-state index < -0.39 is 0 Å². The van der Waals surface area contributed by atoms with Crippen LogP contribution in [0.4, 0.5) is 0 Å². The lowest BCUT2D eigenvalue weighted by molar-refractivity contribution is -0.128. The molecule has 0 aliphatic heterocycles. The Labute approximate surface area is 120 Å². The number of carbonyl (C=O) groups excluding carboxylic acids is 1. The Morgan fingerprint density at radius 2 is 2.35 bits per heavy atom. The molecule has 4 nitrogen and oxygen atoms in total. The lowest BCUT2D eigenvalue weighted by Crippen LogP contribution is -2.41. The van der Waals surface area contributed by atoms with Crippen LogP contribution in [0.25, 0.3) is 0 Å². The Morgan fingerprint density at radius 3 is 2.90 bits per heavy atom. The molecule has 1 heterocycles. The molecule has 2 saturated carbocycles. The maximum atomic E-state index is 12.7. The quantitative estimate of drug-likeness (QED) is 0.832. The van der Waals surface area contributed by atoms with Gasteiger partial charge in [-0.15, -0.1) is 0 Å². The maximum absolute atomic E-state index is 12.7. The SMILES string of the molecule is C=C1C(C)(C)[C@@H]2CC[C@@]1(C(=O)NCc1cc(C)[nH]n1)C2. The van der Waals surface area contributed by atoms with Crippen LogP contribution in [0.5, 0.6) is 0 Å². The summed E-state index contributed by atoms with van der Waals surface area (Å²) in [6.07, 6.45) is 3.05. The number of amides is 1. The smallest absolute Gasteiger partial charge is 0.230 e. The summed E-state index contributed by atoms with van der Waals surface area (Å²) in [5.74, 6) is 0.740. The van der Waals surface area contributed by atoms with Crippen molar-refractivity contribution in [2.75, 3.05) is 0 Å². The summed E-state index contributed by atoms with van der Waals surface area (Å²) in [5, 5.41) is 10.1. The molecule has 2 aliphatic carbocycles. The number of H-pyrrole nitrogens is 1. The van der Waals surface area contributed by atoms with Gasteiger partial charge in [0, 0.05) is 5.69 Å². The van der Waals surface area contributed by atoms with E-state index in [-0.39, 0.29) is 16.7 Å². The fraction of sp³-hybridized carbons (Fsp3) is 0.625. The van der Waals surface area contributed by atoms with Crippen LogP contribution in [0.15, 0.2) is 18.2 Å². The molecule has 0 radical (unpaired) electrons. The maximum Gasteiger partial charge on any atom is 0.230 e. The molecule has 108 valence electrons. The zero-order valence-corrected chi connectivity index (χ0v) is 12.5. The predicted molar refractivity (Wildman–Crippen MR) is 77.9 cm³/mol. The number of aromatic nitrogens is 2. The van der Waals surface area contributed by atoms with Crippen LogP contribution in [0.3, 0.4) is 0 Å². The Kier molecular flexibility index (Phi) is 2.82. The third-order valence-corrected chi connectivity index (χ3v) is 5.51. The molecule has 0 spiro atoms. The number of hydrogen-bond donors (Lipinski definition) is 2. The first kappa shape index (κ1) is 13.4. The molecule has 4 heteroatoms. The zero-order chi connectivity index (χ0) is 14.5. The number of fused-ring (bicyclic) bond motifs is 2. The normalized spacial score (nSPS) is 30.8. The molecule has 2 atom stereocenters. The van der Waals surface area contributed by atoms with Crippen molar-refractivity contribution < 1.29 is 4.79 Å². The molecule has 20 heavy (non-hydrogen) atoms. The lowest BCUT2D eigenvalue weighted by atomic mass is 9.68. The van der Waals surface area contributed by atoms with E-state index in [0.717, 1.165) is 36.2 Å². The van der Waals surface area contributed by atoms with Crippen molar-refractivity contribution >= 4 is 5.91 Å². The van der Waals surface area contributed by atoms with E-state index in [0.29, 0.717) is 12.5 Å². The number of carbonyl (C=O) groups is 1. The molecule has 0 aromatic carbocycles. The van der Waals surface area contributed by atoms with Gasteiger partial charge in [-0.25, -0.2) is 0 Å². The average molecular weight is 273 g/mol. The van der Waals surface area contributed by atoms with Gasteiger partial charge in [0.25, 0.3) is 0 Å². The van der Waals surface area contributed by atoms with Gasteiger partial charge in [-0.2, -0.15) is 5.10 Å².